The summed E-state index contributed by atoms with van der Waals surface area (Å²) in [5.74, 6) is 2.30. The summed E-state index contributed by atoms with van der Waals surface area (Å²) in [6.07, 6.45) is 7.59. The highest BCUT2D eigenvalue weighted by Gasteiger charge is 2.19. The first-order valence-corrected chi connectivity index (χ1v) is 8.17. The predicted octanol–water partition coefficient (Wildman–Crippen LogP) is 4.56. The molecule has 0 aliphatic carbocycles. The van der Waals surface area contributed by atoms with Gasteiger partial charge in [0.2, 0.25) is 5.88 Å². The molecule has 21 heavy (non-hydrogen) atoms. The molecule has 0 unspecified atom stereocenters. The minimum absolute atomic E-state index is 0.0783. The van der Waals surface area contributed by atoms with Crippen LogP contribution in [0.2, 0.25) is 0 Å². The molecular formula is C17H31N3O. The summed E-state index contributed by atoms with van der Waals surface area (Å²) >= 11 is 0. The fourth-order valence-electron chi connectivity index (χ4n) is 2.02. The van der Waals surface area contributed by atoms with Gasteiger partial charge in [-0.1, -0.05) is 59.8 Å². The molecule has 0 amide bonds. The summed E-state index contributed by atoms with van der Waals surface area (Å²) in [6, 6.07) is 1.87. The zero-order valence-corrected chi connectivity index (χ0v) is 14.3. The molecule has 1 N–H and O–H groups in total. The van der Waals surface area contributed by atoms with Crippen molar-refractivity contribution in [3.63, 3.8) is 0 Å². The maximum atomic E-state index is 5.80. The minimum Gasteiger partial charge on any atom is -0.478 e. The van der Waals surface area contributed by atoms with Crippen LogP contribution in [0.25, 0.3) is 0 Å². The topological polar surface area (TPSA) is 47.0 Å². The van der Waals surface area contributed by atoms with Crippen molar-refractivity contribution >= 4 is 5.82 Å². The Labute approximate surface area is 129 Å². The molecule has 120 valence electrons. The number of anilines is 1. The first-order chi connectivity index (χ1) is 9.97. The van der Waals surface area contributed by atoms with Gasteiger partial charge in [0, 0.05) is 18.5 Å². The molecular weight excluding hydrogens is 262 g/mol. The molecule has 0 atom stereocenters. The van der Waals surface area contributed by atoms with E-state index in [0.717, 1.165) is 24.7 Å². The molecule has 1 aromatic heterocycles. The van der Waals surface area contributed by atoms with Crippen molar-refractivity contribution in [2.24, 2.45) is 0 Å². The number of unbranched alkanes of at least 4 members (excludes halogenated alkanes) is 5. The van der Waals surface area contributed by atoms with Crippen molar-refractivity contribution in [3.8, 4) is 5.88 Å². The number of nitrogens with zero attached hydrogens (tertiary/aromatic N) is 2. The molecule has 1 aromatic rings. The van der Waals surface area contributed by atoms with E-state index in [1.54, 1.807) is 0 Å². The molecule has 0 spiro atoms. The van der Waals surface area contributed by atoms with Gasteiger partial charge in [0.1, 0.15) is 11.6 Å². The molecule has 1 rings (SSSR count). The Hall–Kier alpha value is -1.32. The van der Waals surface area contributed by atoms with Crippen LogP contribution < -0.4 is 10.1 Å². The van der Waals surface area contributed by atoms with Gasteiger partial charge in [0.05, 0.1) is 6.61 Å². The van der Waals surface area contributed by atoms with Crippen LogP contribution in [0.5, 0.6) is 5.88 Å². The molecule has 0 aliphatic rings. The van der Waals surface area contributed by atoms with Crippen LogP contribution in [-0.4, -0.2) is 23.6 Å². The van der Waals surface area contributed by atoms with E-state index in [1.165, 1.54) is 32.1 Å². The van der Waals surface area contributed by atoms with Gasteiger partial charge in [-0.05, 0) is 6.42 Å². The summed E-state index contributed by atoms with van der Waals surface area (Å²) in [7, 11) is 1.87. The van der Waals surface area contributed by atoms with Crippen LogP contribution in [0.4, 0.5) is 5.82 Å². The predicted molar refractivity (Wildman–Crippen MR) is 89.1 cm³/mol. The third-order valence-corrected chi connectivity index (χ3v) is 3.38. The van der Waals surface area contributed by atoms with E-state index in [0.29, 0.717) is 5.88 Å². The first kappa shape index (κ1) is 17.7. The SMILES string of the molecule is CCCCCCCCOc1cc(NC)nc(C(C)(C)C)n1. The lowest BCUT2D eigenvalue weighted by Crippen LogP contribution is -2.17. The lowest BCUT2D eigenvalue weighted by molar-refractivity contribution is 0.290. The Bertz CT molecular complexity index is 413. The Morgan fingerprint density at radius 3 is 2.33 bits per heavy atom. The van der Waals surface area contributed by atoms with Gasteiger partial charge in [-0.3, -0.25) is 0 Å². The number of rotatable bonds is 9. The fraction of sp³-hybridized carbons (Fsp3) is 0.765. The van der Waals surface area contributed by atoms with Gasteiger partial charge in [-0.15, -0.1) is 0 Å². The number of aromatic nitrogens is 2. The summed E-state index contributed by atoms with van der Waals surface area (Å²) < 4.78 is 5.80. The zero-order valence-electron chi connectivity index (χ0n) is 14.3. The normalized spacial score (nSPS) is 11.5. The van der Waals surface area contributed by atoms with Crippen molar-refractivity contribution in [1.82, 2.24) is 9.97 Å². The monoisotopic (exact) mass is 293 g/mol. The number of hydrogen-bond acceptors (Lipinski definition) is 4. The maximum absolute atomic E-state index is 5.80. The summed E-state index contributed by atoms with van der Waals surface area (Å²) in [4.78, 5) is 9.03. The highest BCUT2D eigenvalue weighted by atomic mass is 16.5. The van der Waals surface area contributed by atoms with Gasteiger partial charge >= 0.3 is 0 Å². The Balaban J connectivity index is 2.47. The number of ether oxygens (including phenoxy) is 1. The molecule has 0 saturated carbocycles. The number of hydrogen-bond donors (Lipinski definition) is 1. The highest BCUT2D eigenvalue weighted by Crippen LogP contribution is 2.23. The zero-order chi connectivity index (χ0) is 15.7. The molecule has 0 saturated heterocycles. The van der Waals surface area contributed by atoms with Gasteiger partial charge in [-0.2, -0.15) is 4.98 Å². The van der Waals surface area contributed by atoms with Crippen molar-refractivity contribution in [3.05, 3.63) is 11.9 Å². The average Bonchev–Trinajstić information content (AvgIpc) is 2.45. The van der Waals surface area contributed by atoms with Crippen LogP contribution in [0.15, 0.2) is 6.07 Å². The van der Waals surface area contributed by atoms with Crippen LogP contribution in [0.3, 0.4) is 0 Å². The van der Waals surface area contributed by atoms with Crippen molar-refractivity contribution in [2.45, 2.75) is 71.6 Å². The quantitative estimate of drug-likeness (QED) is 0.678. The minimum atomic E-state index is -0.0783. The van der Waals surface area contributed by atoms with E-state index in [2.05, 4.69) is 43.0 Å². The number of nitrogens with one attached hydrogen (secondary N) is 1. The van der Waals surface area contributed by atoms with Crippen LogP contribution in [0.1, 0.15) is 72.0 Å². The van der Waals surface area contributed by atoms with Crippen molar-refractivity contribution in [2.75, 3.05) is 19.0 Å². The molecule has 0 radical (unpaired) electrons. The Morgan fingerprint density at radius 2 is 1.71 bits per heavy atom. The summed E-state index contributed by atoms with van der Waals surface area (Å²) in [6.45, 7) is 9.30. The second-order valence-electron chi connectivity index (χ2n) is 6.53. The second kappa shape index (κ2) is 8.85. The summed E-state index contributed by atoms with van der Waals surface area (Å²) in [5.41, 5.74) is -0.0783. The van der Waals surface area contributed by atoms with Crippen molar-refractivity contribution < 1.29 is 4.74 Å². The third-order valence-electron chi connectivity index (χ3n) is 3.38. The smallest absolute Gasteiger partial charge is 0.218 e. The largest absolute Gasteiger partial charge is 0.478 e. The standard InChI is InChI=1S/C17H31N3O/c1-6-7-8-9-10-11-12-21-15-13-14(18-5)19-16(20-15)17(2,3)4/h13H,6-12H2,1-5H3,(H,18,19,20). The second-order valence-corrected chi connectivity index (χ2v) is 6.53. The van der Waals surface area contributed by atoms with E-state index in [9.17, 15) is 0 Å². The van der Waals surface area contributed by atoms with E-state index in [1.807, 2.05) is 13.1 Å². The van der Waals surface area contributed by atoms with Crippen molar-refractivity contribution in [1.29, 1.82) is 0 Å². The first-order valence-electron chi connectivity index (χ1n) is 8.17. The van der Waals surface area contributed by atoms with E-state index < -0.39 is 0 Å². The van der Waals surface area contributed by atoms with Gasteiger partial charge < -0.3 is 10.1 Å². The fourth-order valence-corrected chi connectivity index (χ4v) is 2.02. The Morgan fingerprint density at radius 1 is 1.05 bits per heavy atom. The van der Waals surface area contributed by atoms with Gasteiger partial charge in [-0.25, -0.2) is 4.98 Å². The molecule has 4 nitrogen and oxygen atoms in total. The lowest BCUT2D eigenvalue weighted by atomic mass is 9.96. The Kier molecular flexibility index (Phi) is 7.48. The molecule has 0 aromatic carbocycles. The van der Waals surface area contributed by atoms with Gasteiger partial charge in [0.25, 0.3) is 0 Å². The van der Waals surface area contributed by atoms with E-state index in [-0.39, 0.29) is 5.41 Å². The van der Waals surface area contributed by atoms with E-state index >= 15 is 0 Å². The van der Waals surface area contributed by atoms with E-state index in [4.69, 9.17) is 4.74 Å². The molecule has 0 bridgehead atoms. The lowest BCUT2D eigenvalue weighted by Gasteiger charge is -2.18. The molecule has 4 heteroatoms. The molecule has 0 fully saturated rings. The van der Waals surface area contributed by atoms with Crippen LogP contribution in [0, 0.1) is 0 Å². The highest BCUT2D eigenvalue weighted by molar-refractivity contribution is 5.38. The summed E-state index contributed by atoms with van der Waals surface area (Å²) in [5, 5.41) is 3.07. The molecule has 0 aliphatic heterocycles. The van der Waals surface area contributed by atoms with Crippen LogP contribution in [-0.2, 0) is 5.41 Å². The van der Waals surface area contributed by atoms with Gasteiger partial charge in [0.15, 0.2) is 0 Å². The van der Waals surface area contributed by atoms with Crippen LogP contribution >= 0.6 is 0 Å². The average molecular weight is 293 g/mol. The third kappa shape index (κ3) is 6.78. The maximum Gasteiger partial charge on any atom is 0.218 e. The molecule has 1 heterocycles.